The molecule has 2 N–H and O–H groups in total. The average Bonchev–Trinajstić information content (AvgIpc) is 3.11. The molecule has 2 bridgehead atoms. The van der Waals surface area contributed by atoms with Crippen molar-refractivity contribution in [2.75, 3.05) is 12.4 Å². The second-order valence-electron chi connectivity index (χ2n) is 6.07. The van der Waals surface area contributed by atoms with Gasteiger partial charge in [0.15, 0.2) is 5.11 Å². The van der Waals surface area contributed by atoms with Crippen molar-refractivity contribution in [1.82, 2.24) is 5.32 Å². The van der Waals surface area contributed by atoms with Crippen LogP contribution >= 0.6 is 23.8 Å². The summed E-state index contributed by atoms with van der Waals surface area (Å²) in [5.41, 5.74) is 1.06. The molecule has 0 aromatic heterocycles. The Morgan fingerprint density at radius 2 is 2.18 bits per heavy atom. The van der Waals surface area contributed by atoms with E-state index in [1.54, 1.807) is 18.2 Å². The summed E-state index contributed by atoms with van der Waals surface area (Å²) in [5, 5.41) is 7.49. The number of halogens is 1. The van der Waals surface area contributed by atoms with Gasteiger partial charge in [0.2, 0.25) is 0 Å². The topological polar surface area (TPSA) is 50.4 Å². The summed E-state index contributed by atoms with van der Waals surface area (Å²) in [4.78, 5) is 11.7. The maximum Gasteiger partial charge on any atom is 0.339 e. The van der Waals surface area contributed by atoms with Crippen molar-refractivity contribution in [3.8, 4) is 0 Å². The van der Waals surface area contributed by atoms with Gasteiger partial charge >= 0.3 is 5.97 Å². The van der Waals surface area contributed by atoms with E-state index in [-0.39, 0.29) is 0 Å². The van der Waals surface area contributed by atoms with Gasteiger partial charge in [0.1, 0.15) is 0 Å². The first-order valence-corrected chi connectivity index (χ1v) is 8.31. The number of fused-ring (bicyclic) bond motifs is 2. The molecule has 0 spiro atoms. The van der Waals surface area contributed by atoms with E-state index in [9.17, 15) is 4.79 Å². The highest BCUT2D eigenvalue weighted by atomic mass is 35.5. The molecule has 2 saturated carbocycles. The van der Waals surface area contributed by atoms with E-state index in [1.807, 2.05) is 0 Å². The van der Waals surface area contributed by atoms with E-state index < -0.39 is 5.97 Å². The normalized spacial score (nSPS) is 25.8. The number of ether oxygens (including phenoxy) is 1. The van der Waals surface area contributed by atoms with Gasteiger partial charge in [0.05, 0.1) is 17.7 Å². The number of esters is 1. The van der Waals surface area contributed by atoms with Crippen molar-refractivity contribution in [2.24, 2.45) is 11.8 Å². The lowest BCUT2D eigenvalue weighted by atomic mass is 9.96. The van der Waals surface area contributed by atoms with Gasteiger partial charge in [-0.25, -0.2) is 4.79 Å². The molecule has 0 radical (unpaired) electrons. The van der Waals surface area contributed by atoms with Crippen LogP contribution in [0.2, 0.25) is 5.02 Å². The van der Waals surface area contributed by atoms with Gasteiger partial charge in [-0.1, -0.05) is 18.0 Å². The molecule has 0 aliphatic heterocycles. The molecule has 22 heavy (non-hydrogen) atoms. The van der Waals surface area contributed by atoms with Crippen molar-refractivity contribution in [2.45, 2.75) is 31.7 Å². The molecule has 2 fully saturated rings. The van der Waals surface area contributed by atoms with Gasteiger partial charge in [-0.2, -0.15) is 0 Å². The van der Waals surface area contributed by atoms with Crippen molar-refractivity contribution in [1.29, 1.82) is 0 Å². The Labute approximate surface area is 140 Å². The fourth-order valence-electron chi connectivity index (χ4n) is 3.63. The number of hydrogen-bond acceptors (Lipinski definition) is 3. The smallest absolute Gasteiger partial charge is 0.339 e. The Hall–Kier alpha value is -1.33. The number of hydrogen-bond donors (Lipinski definition) is 2. The molecule has 4 nitrogen and oxygen atoms in total. The summed E-state index contributed by atoms with van der Waals surface area (Å²) in [6, 6.07) is 5.59. The minimum absolute atomic E-state index is 0.330. The zero-order valence-electron chi connectivity index (χ0n) is 12.4. The number of nitrogens with one attached hydrogen (secondary N) is 2. The molecule has 3 unspecified atom stereocenters. The maximum absolute atomic E-state index is 11.7. The fraction of sp³-hybridized carbons (Fsp3) is 0.500. The van der Waals surface area contributed by atoms with E-state index >= 15 is 0 Å². The van der Waals surface area contributed by atoms with Crippen molar-refractivity contribution in [3.63, 3.8) is 0 Å². The first-order chi connectivity index (χ1) is 10.6. The van der Waals surface area contributed by atoms with Crippen LogP contribution in [0, 0.1) is 11.8 Å². The quantitative estimate of drug-likeness (QED) is 0.651. The molecule has 3 atom stereocenters. The largest absolute Gasteiger partial charge is 0.465 e. The molecular formula is C16H19ClN2O2S. The van der Waals surface area contributed by atoms with Gasteiger partial charge < -0.3 is 15.4 Å². The molecule has 1 aromatic rings. The van der Waals surface area contributed by atoms with Crippen LogP contribution in [-0.4, -0.2) is 24.2 Å². The molecule has 0 heterocycles. The van der Waals surface area contributed by atoms with Gasteiger partial charge in [-0.05, 0) is 61.5 Å². The fourth-order valence-corrected chi connectivity index (χ4v) is 4.09. The van der Waals surface area contributed by atoms with E-state index in [2.05, 4.69) is 10.6 Å². The van der Waals surface area contributed by atoms with Gasteiger partial charge in [-0.15, -0.1) is 0 Å². The number of methoxy groups -OCH3 is 1. The van der Waals surface area contributed by atoms with E-state index in [4.69, 9.17) is 28.6 Å². The summed E-state index contributed by atoms with van der Waals surface area (Å²) >= 11 is 11.4. The summed E-state index contributed by atoms with van der Waals surface area (Å²) in [7, 11) is 1.33. The van der Waals surface area contributed by atoms with Gasteiger partial charge in [0, 0.05) is 11.7 Å². The van der Waals surface area contributed by atoms with Crippen LogP contribution < -0.4 is 10.6 Å². The number of carbonyl (C=O) groups is 1. The second-order valence-corrected chi connectivity index (χ2v) is 6.88. The molecule has 0 saturated heterocycles. The lowest BCUT2D eigenvalue weighted by Gasteiger charge is -2.24. The Morgan fingerprint density at radius 1 is 1.36 bits per heavy atom. The second kappa shape index (κ2) is 6.42. The van der Waals surface area contributed by atoms with Gasteiger partial charge in [0.25, 0.3) is 0 Å². The van der Waals surface area contributed by atoms with Crippen LogP contribution in [0.25, 0.3) is 0 Å². The molecule has 6 heteroatoms. The monoisotopic (exact) mass is 338 g/mol. The molecule has 3 rings (SSSR count). The third kappa shape index (κ3) is 3.20. The Kier molecular flexibility index (Phi) is 4.54. The zero-order valence-corrected chi connectivity index (χ0v) is 14.0. The van der Waals surface area contributed by atoms with Gasteiger partial charge in [-0.3, -0.25) is 0 Å². The minimum atomic E-state index is -0.458. The number of benzene rings is 1. The Bertz CT molecular complexity index is 608. The highest BCUT2D eigenvalue weighted by molar-refractivity contribution is 7.80. The minimum Gasteiger partial charge on any atom is -0.465 e. The third-order valence-corrected chi connectivity index (χ3v) is 5.23. The zero-order chi connectivity index (χ0) is 15.7. The molecule has 1 aromatic carbocycles. The van der Waals surface area contributed by atoms with Crippen LogP contribution in [0.4, 0.5) is 5.69 Å². The highest BCUT2D eigenvalue weighted by Crippen LogP contribution is 2.44. The van der Waals surface area contributed by atoms with E-state index in [0.29, 0.717) is 21.7 Å². The molecule has 2 aliphatic rings. The number of carbonyl (C=O) groups excluding carboxylic acids is 1. The standard InChI is InChI=1S/C16H19ClN2O2S/c1-21-15(20)12-8-11(4-5-13(12)17)18-16(22)19-14-7-9-2-3-10(14)6-9/h4-5,8-10,14H,2-3,6-7H2,1H3,(H2,18,19,22). The summed E-state index contributed by atoms with van der Waals surface area (Å²) in [6.45, 7) is 0. The number of anilines is 1. The predicted molar refractivity (Wildman–Crippen MR) is 91.4 cm³/mol. The van der Waals surface area contributed by atoms with Crippen LogP contribution in [-0.2, 0) is 4.74 Å². The highest BCUT2D eigenvalue weighted by Gasteiger charge is 2.39. The molecule has 118 valence electrons. The van der Waals surface area contributed by atoms with Crippen molar-refractivity contribution < 1.29 is 9.53 Å². The SMILES string of the molecule is COC(=O)c1cc(NC(=S)NC2CC3CCC2C3)ccc1Cl. The summed E-state index contributed by atoms with van der Waals surface area (Å²) in [6.07, 6.45) is 5.20. The number of thiocarbonyl (C=S) groups is 1. The van der Waals surface area contributed by atoms with E-state index in [0.717, 1.165) is 17.5 Å². The lowest BCUT2D eigenvalue weighted by molar-refractivity contribution is 0.0601. The van der Waals surface area contributed by atoms with Crippen molar-refractivity contribution >= 4 is 40.6 Å². The average molecular weight is 339 g/mol. The van der Waals surface area contributed by atoms with Crippen molar-refractivity contribution in [3.05, 3.63) is 28.8 Å². The third-order valence-electron chi connectivity index (χ3n) is 4.68. The van der Waals surface area contributed by atoms with Crippen LogP contribution in [0.5, 0.6) is 0 Å². The number of rotatable bonds is 3. The molecule has 2 aliphatic carbocycles. The predicted octanol–water partition coefficient (Wildman–Crippen LogP) is 3.60. The first-order valence-electron chi connectivity index (χ1n) is 7.52. The first kappa shape index (κ1) is 15.6. The van der Waals surface area contributed by atoms with E-state index in [1.165, 1.54) is 32.8 Å². The Balaban J connectivity index is 1.63. The van der Waals surface area contributed by atoms with Crippen LogP contribution in [0.1, 0.15) is 36.0 Å². The van der Waals surface area contributed by atoms with Crippen LogP contribution in [0.15, 0.2) is 18.2 Å². The summed E-state index contributed by atoms with van der Waals surface area (Å²) < 4.78 is 4.72. The molecule has 0 amide bonds. The lowest BCUT2D eigenvalue weighted by Crippen LogP contribution is -2.40. The molecular weight excluding hydrogens is 320 g/mol. The maximum atomic E-state index is 11.7. The Morgan fingerprint density at radius 3 is 2.82 bits per heavy atom. The summed E-state index contributed by atoms with van der Waals surface area (Å²) in [5.74, 6) is 1.16. The van der Waals surface area contributed by atoms with Crippen LogP contribution in [0.3, 0.4) is 0 Å².